The molecular weight excluding hydrogens is 318 g/mol. The van der Waals surface area contributed by atoms with Crippen molar-refractivity contribution in [1.82, 2.24) is 19.7 Å². The van der Waals surface area contributed by atoms with E-state index in [0.717, 1.165) is 25.1 Å². The molecule has 2 N–H and O–H groups in total. The summed E-state index contributed by atoms with van der Waals surface area (Å²) in [7, 11) is 0. The highest BCUT2D eigenvalue weighted by atomic mass is 16.3. The molecule has 2 unspecified atom stereocenters. The van der Waals surface area contributed by atoms with Gasteiger partial charge in [0, 0.05) is 31.2 Å². The zero-order valence-corrected chi connectivity index (χ0v) is 14.5. The molecule has 2 aromatic heterocycles. The molecule has 0 aromatic carbocycles. The predicted molar refractivity (Wildman–Crippen MR) is 95.0 cm³/mol. The first-order valence-electron chi connectivity index (χ1n) is 8.72. The Kier molecular flexibility index (Phi) is 5.78. The van der Waals surface area contributed by atoms with Crippen LogP contribution in [0, 0.1) is 12.8 Å². The molecule has 0 aliphatic carbocycles. The van der Waals surface area contributed by atoms with Crippen molar-refractivity contribution in [3.8, 4) is 0 Å². The minimum Gasteiger partial charge on any atom is -0.390 e. The van der Waals surface area contributed by atoms with Gasteiger partial charge in [0.1, 0.15) is 5.82 Å². The maximum absolute atomic E-state index is 12.5. The van der Waals surface area contributed by atoms with Crippen LogP contribution in [0.5, 0.6) is 0 Å². The number of β-amino-alcohol motifs (C(OH)–C–C–N with tert-alkyl or cyclic N) is 1. The largest absolute Gasteiger partial charge is 0.390 e. The zero-order chi connectivity index (χ0) is 17.6. The molecule has 3 heterocycles. The second kappa shape index (κ2) is 8.22. The quantitative estimate of drug-likeness (QED) is 0.826. The van der Waals surface area contributed by atoms with Crippen LogP contribution in [0.4, 0.5) is 5.82 Å². The summed E-state index contributed by atoms with van der Waals surface area (Å²) in [4.78, 5) is 19.0. The molecule has 7 nitrogen and oxygen atoms in total. The molecule has 2 aromatic rings. The maximum Gasteiger partial charge on any atom is 0.229 e. The molecule has 7 heteroatoms. The number of piperidine rings is 1. The number of rotatable bonds is 6. The van der Waals surface area contributed by atoms with Crippen molar-refractivity contribution >= 4 is 11.7 Å². The smallest absolute Gasteiger partial charge is 0.229 e. The van der Waals surface area contributed by atoms with Gasteiger partial charge in [0.2, 0.25) is 5.91 Å². The third kappa shape index (κ3) is 5.11. The molecule has 1 fully saturated rings. The van der Waals surface area contributed by atoms with Crippen LogP contribution in [0.3, 0.4) is 0 Å². The number of hydrogen-bond donors (Lipinski definition) is 2. The fourth-order valence-electron chi connectivity index (χ4n) is 3.26. The van der Waals surface area contributed by atoms with Crippen LogP contribution in [0.15, 0.2) is 36.7 Å². The van der Waals surface area contributed by atoms with Crippen LogP contribution in [-0.4, -0.2) is 56.4 Å². The van der Waals surface area contributed by atoms with Crippen molar-refractivity contribution in [3.05, 3.63) is 42.4 Å². The number of anilines is 1. The summed E-state index contributed by atoms with van der Waals surface area (Å²) in [6.45, 7) is 4.48. The maximum atomic E-state index is 12.5. The van der Waals surface area contributed by atoms with E-state index in [1.165, 1.54) is 0 Å². The molecule has 0 saturated carbocycles. The summed E-state index contributed by atoms with van der Waals surface area (Å²) in [6, 6.07) is 7.43. The number of likely N-dealkylation sites (tertiary alicyclic amines) is 1. The minimum atomic E-state index is -0.500. The van der Waals surface area contributed by atoms with E-state index in [2.05, 4.69) is 20.3 Å². The summed E-state index contributed by atoms with van der Waals surface area (Å²) in [6.07, 6.45) is 4.86. The van der Waals surface area contributed by atoms with Crippen molar-refractivity contribution in [2.75, 3.05) is 25.0 Å². The third-order valence-electron chi connectivity index (χ3n) is 4.44. The van der Waals surface area contributed by atoms with Gasteiger partial charge in [-0.05, 0) is 44.5 Å². The Bertz CT molecular complexity index is 689. The van der Waals surface area contributed by atoms with Crippen molar-refractivity contribution < 1.29 is 9.90 Å². The molecule has 0 spiro atoms. The van der Waals surface area contributed by atoms with Crippen LogP contribution in [-0.2, 0) is 11.3 Å². The average molecular weight is 343 g/mol. The third-order valence-corrected chi connectivity index (χ3v) is 4.44. The molecule has 134 valence electrons. The number of nitrogens with one attached hydrogen (secondary N) is 1. The van der Waals surface area contributed by atoms with Gasteiger partial charge in [-0.25, -0.2) is 4.98 Å². The van der Waals surface area contributed by atoms with Gasteiger partial charge in [0.15, 0.2) is 0 Å². The number of aryl methyl sites for hydroxylation is 1. The number of carbonyl (C=O) groups excluding carboxylic acids is 1. The first-order valence-corrected chi connectivity index (χ1v) is 8.72. The Balaban J connectivity index is 1.50. The highest BCUT2D eigenvalue weighted by Gasteiger charge is 2.27. The van der Waals surface area contributed by atoms with Crippen LogP contribution in [0.1, 0.15) is 18.5 Å². The van der Waals surface area contributed by atoms with Crippen LogP contribution in [0.2, 0.25) is 0 Å². The van der Waals surface area contributed by atoms with Gasteiger partial charge < -0.3 is 10.4 Å². The lowest BCUT2D eigenvalue weighted by Crippen LogP contribution is -2.44. The van der Waals surface area contributed by atoms with Crippen molar-refractivity contribution in [3.63, 3.8) is 0 Å². The number of aromatic nitrogens is 3. The average Bonchev–Trinajstić information content (AvgIpc) is 3.08. The summed E-state index contributed by atoms with van der Waals surface area (Å²) >= 11 is 0. The molecule has 1 amide bonds. The molecule has 1 aliphatic heterocycles. The molecule has 2 atom stereocenters. The number of carbonyl (C=O) groups is 1. The van der Waals surface area contributed by atoms with Gasteiger partial charge in [0.25, 0.3) is 0 Å². The fraction of sp³-hybridized carbons (Fsp3) is 0.500. The Hall–Kier alpha value is -2.25. The van der Waals surface area contributed by atoms with E-state index in [1.54, 1.807) is 16.9 Å². The molecule has 1 saturated heterocycles. The van der Waals surface area contributed by atoms with E-state index in [1.807, 2.05) is 31.3 Å². The molecule has 0 radical (unpaired) electrons. The number of aliphatic hydroxyl groups is 1. The Labute approximate surface area is 147 Å². The van der Waals surface area contributed by atoms with Crippen molar-refractivity contribution in [2.24, 2.45) is 5.92 Å². The Morgan fingerprint density at radius 3 is 3.04 bits per heavy atom. The van der Waals surface area contributed by atoms with E-state index in [9.17, 15) is 9.90 Å². The van der Waals surface area contributed by atoms with E-state index >= 15 is 0 Å². The van der Waals surface area contributed by atoms with Gasteiger partial charge in [-0.2, -0.15) is 5.10 Å². The summed E-state index contributed by atoms with van der Waals surface area (Å²) in [5.41, 5.74) is 0.879. The van der Waals surface area contributed by atoms with Gasteiger partial charge >= 0.3 is 0 Å². The summed E-state index contributed by atoms with van der Waals surface area (Å²) in [5, 5.41) is 17.3. The molecular formula is C18H25N5O2. The highest BCUT2D eigenvalue weighted by Crippen LogP contribution is 2.19. The molecule has 1 aliphatic rings. The topological polar surface area (TPSA) is 83.3 Å². The van der Waals surface area contributed by atoms with Crippen LogP contribution in [0.25, 0.3) is 0 Å². The number of nitrogens with zero attached hydrogens (tertiary/aromatic N) is 4. The molecule has 25 heavy (non-hydrogen) atoms. The SMILES string of the molecule is Cc1cccc(NC(=O)C2CCCN(CC(O)Cn3cccn3)C2)n1. The summed E-state index contributed by atoms with van der Waals surface area (Å²) in [5.74, 6) is 0.526. The van der Waals surface area contributed by atoms with Crippen LogP contribution >= 0.6 is 0 Å². The first kappa shape index (κ1) is 17.6. The van der Waals surface area contributed by atoms with Gasteiger partial charge in [-0.3, -0.25) is 14.4 Å². The summed E-state index contributed by atoms with van der Waals surface area (Å²) < 4.78 is 1.72. The van der Waals surface area contributed by atoms with E-state index in [-0.39, 0.29) is 11.8 Å². The van der Waals surface area contributed by atoms with Gasteiger partial charge in [0.05, 0.1) is 18.6 Å². The number of pyridine rings is 1. The number of amides is 1. The lowest BCUT2D eigenvalue weighted by atomic mass is 9.97. The predicted octanol–water partition coefficient (Wildman–Crippen LogP) is 1.30. The monoisotopic (exact) mass is 343 g/mol. The van der Waals surface area contributed by atoms with E-state index in [4.69, 9.17) is 0 Å². The number of hydrogen-bond acceptors (Lipinski definition) is 5. The molecule has 3 rings (SSSR count). The fourth-order valence-corrected chi connectivity index (χ4v) is 3.26. The second-order valence-electron chi connectivity index (χ2n) is 6.63. The van der Waals surface area contributed by atoms with Gasteiger partial charge in [-0.1, -0.05) is 6.07 Å². The second-order valence-corrected chi connectivity index (χ2v) is 6.63. The van der Waals surface area contributed by atoms with E-state index in [0.29, 0.717) is 25.5 Å². The number of aliphatic hydroxyl groups excluding tert-OH is 1. The van der Waals surface area contributed by atoms with Crippen molar-refractivity contribution in [2.45, 2.75) is 32.4 Å². The van der Waals surface area contributed by atoms with Crippen LogP contribution < -0.4 is 5.32 Å². The lowest BCUT2D eigenvalue weighted by Gasteiger charge is -2.33. The normalized spacial score (nSPS) is 19.5. The van der Waals surface area contributed by atoms with Gasteiger partial charge in [-0.15, -0.1) is 0 Å². The van der Waals surface area contributed by atoms with Crippen molar-refractivity contribution in [1.29, 1.82) is 0 Å². The minimum absolute atomic E-state index is 0.00404. The Morgan fingerprint density at radius 1 is 1.40 bits per heavy atom. The standard InChI is InChI=1S/C18H25N5O2/c1-14-5-2-7-17(20-14)21-18(25)15-6-3-9-22(11-15)12-16(24)13-23-10-4-8-19-23/h2,4-5,7-8,10,15-16,24H,3,6,9,11-13H2,1H3,(H,20,21,25). The molecule has 0 bridgehead atoms. The lowest BCUT2D eigenvalue weighted by molar-refractivity contribution is -0.121. The first-order chi connectivity index (χ1) is 12.1. The zero-order valence-electron chi connectivity index (χ0n) is 14.5. The Morgan fingerprint density at radius 2 is 2.28 bits per heavy atom. The highest BCUT2D eigenvalue weighted by molar-refractivity contribution is 5.91. The van der Waals surface area contributed by atoms with E-state index < -0.39 is 6.10 Å².